The molecule has 1 aromatic carbocycles. The van der Waals surface area contributed by atoms with E-state index in [0.717, 1.165) is 5.56 Å². The van der Waals surface area contributed by atoms with Crippen LogP contribution in [0.15, 0.2) is 29.6 Å². The number of methoxy groups -OCH3 is 3. The first-order valence-electron chi connectivity index (χ1n) is 8.21. The van der Waals surface area contributed by atoms with Crippen molar-refractivity contribution in [2.75, 3.05) is 21.3 Å². The first-order chi connectivity index (χ1) is 12.5. The van der Waals surface area contributed by atoms with Crippen LogP contribution < -0.4 is 19.8 Å². The molecule has 8 heteroatoms. The smallest absolute Gasteiger partial charge is 0.261 e. The van der Waals surface area contributed by atoms with Gasteiger partial charge in [0.2, 0.25) is 5.75 Å². The molecule has 2 heterocycles. The molecule has 0 unspecified atom stereocenters. The Labute approximate surface area is 150 Å². The molecule has 0 aliphatic rings. The summed E-state index contributed by atoms with van der Waals surface area (Å²) in [5.74, 6) is 1.20. The van der Waals surface area contributed by atoms with Gasteiger partial charge in [0.1, 0.15) is 5.52 Å². The zero-order valence-corrected chi connectivity index (χ0v) is 15.5. The van der Waals surface area contributed by atoms with E-state index in [1.54, 1.807) is 12.3 Å². The number of hydrogen-bond donors (Lipinski definition) is 0. The first-order valence-corrected chi connectivity index (χ1v) is 8.21. The number of aromatic nitrogens is 4. The van der Waals surface area contributed by atoms with Gasteiger partial charge in [-0.1, -0.05) is 0 Å². The van der Waals surface area contributed by atoms with Crippen molar-refractivity contribution in [1.82, 2.24) is 19.3 Å². The quantitative estimate of drug-likeness (QED) is 0.672. The van der Waals surface area contributed by atoms with Gasteiger partial charge in [-0.25, -0.2) is 4.98 Å². The van der Waals surface area contributed by atoms with Crippen LogP contribution in [-0.4, -0.2) is 40.7 Å². The second kappa shape index (κ2) is 7.07. The molecule has 0 spiro atoms. The van der Waals surface area contributed by atoms with E-state index in [2.05, 4.69) is 10.1 Å². The average molecular weight is 358 g/mol. The molecule has 0 radical (unpaired) electrons. The Morgan fingerprint density at radius 3 is 2.42 bits per heavy atom. The van der Waals surface area contributed by atoms with Crippen molar-refractivity contribution in [1.29, 1.82) is 0 Å². The summed E-state index contributed by atoms with van der Waals surface area (Å²) >= 11 is 0. The van der Waals surface area contributed by atoms with E-state index in [1.807, 2.05) is 24.7 Å². The predicted octanol–water partition coefficient (Wildman–Crippen LogP) is 2.25. The lowest BCUT2D eigenvalue weighted by atomic mass is 10.2. The lowest BCUT2D eigenvalue weighted by Gasteiger charge is -2.14. The summed E-state index contributed by atoms with van der Waals surface area (Å²) in [6, 6.07) is 1.89. The van der Waals surface area contributed by atoms with Gasteiger partial charge in [-0.3, -0.25) is 14.0 Å². The van der Waals surface area contributed by atoms with Gasteiger partial charge in [0.05, 0.1) is 45.8 Å². The van der Waals surface area contributed by atoms with Crippen LogP contribution in [0.3, 0.4) is 0 Å². The minimum atomic E-state index is -0.188. The standard InChI is InChI=1S/C18H22N4O4/c1-11(2)22-9-12(7-20-22)8-21-10-19-15-13(18(21)23)6-14(24-3)16(25-4)17(15)26-5/h6-7,9-11H,8H2,1-5H3. The number of benzene rings is 1. The molecule has 0 fully saturated rings. The topological polar surface area (TPSA) is 80.4 Å². The van der Waals surface area contributed by atoms with Crippen LogP contribution in [0, 0.1) is 0 Å². The number of hydrogen-bond acceptors (Lipinski definition) is 6. The molecule has 0 saturated heterocycles. The van der Waals surface area contributed by atoms with E-state index < -0.39 is 0 Å². The minimum absolute atomic E-state index is 0.188. The fourth-order valence-electron chi connectivity index (χ4n) is 2.82. The van der Waals surface area contributed by atoms with E-state index in [1.165, 1.54) is 32.2 Å². The zero-order valence-electron chi connectivity index (χ0n) is 15.5. The summed E-state index contributed by atoms with van der Waals surface area (Å²) in [7, 11) is 4.53. The van der Waals surface area contributed by atoms with Crippen molar-refractivity contribution < 1.29 is 14.2 Å². The van der Waals surface area contributed by atoms with Gasteiger partial charge in [-0.15, -0.1) is 0 Å². The van der Waals surface area contributed by atoms with Gasteiger partial charge < -0.3 is 14.2 Å². The maximum absolute atomic E-state index is 13.0. The molecule has 0 aliphatic heterocycles. The monoisotopic (exact) mass is 358 g/mol. The molecule has 0 aliphatic carbocycles. The summed E-state index contributed by atoms with van der Waals surface area (Å²) in [6.45, 7) is 4.48. The fourth-order valence-corrected chi connectivity index (χ4v) is 2.82. The van der Waals surface area contributed by atoms with Crippen LogP contribution in [0.25, 0.3) is 10.9 Å². The third-order valence-corrected chi connectivity index (χ3v) is 4.16. The van der Waals surface area contributed by atoms with E-state index in [-0.39, 0.29) is 11.6 Å². The van der Waals surface area contributed by atoms with Crippen molar-refractivity contribution in [3.63, 3.8) is 0 Å². The summed E-state index contributed by atoms with van der Waals surface area (Å²) in [5.41, 5.74) is 1.17. The van der Waals surface area contributed by atoms with Gasteiger partial charge in [0, 0.05) is 17.8 Å². The number of nitrogens with zero attached hydrogens (tertiary/aromatic N) is 4. The highest BCUT2D eigenvalue weighted by Gasteiger charge is 2.19. The first kappa shape index (κ1) is 17.8. The Bertz CT molecular complexity index is 991. The number of fused-ring (bicyclic) bond motifs is 1. The number of rotatable bonds is 6. The molecule has 138 valence electrons. The predicted molar refractivity (Wildman–Crippen MR) is 97.4 cm³/mol. The Kier molecular flexibility index (Phi) is 4.83. The van der Waals surface area contributed by atoms with Gasteiger partial charge >= 0.3 is 0 Å². The minimum Gasteiger partial charge on any atom is -0.493 e. The van der Waals surface area contributed by atoms with Gasteiger partial charge in [-0.05, 0) is 19.9 Å². The van der Waals surface area contributed by atoms with Crippen LogP contribution in [0.4, 0.5) is 0 Å². The maximum atomic E-state index is 13.0. The molecule has 3 rings (SSSR count). The maximum Gasteiger partial charge on any atom is 0.261 e. The average Bonchev–Trinajstić information content (AvgIpc) is 3.11. The van der Waals surface area contributed by atoms with E-state index >= 15 is 0 Å². The summed E-state index contributed by atoms with van der Waals surface area (Å²) in [6.07, 6.45) is 5.19. The van der Waals surface area contributed by atoms with Gasteiger partial charge in [0.25, 0.3) is 5.56 Å². The molecule has 26 heavy (non-hydrogen) atoms. The SMILES string of the molecule is COc1cc2c(=O)n(Cc3cnn(C(C)C)c3)cnc2c(OC)c1OC. The van der Waals surface area contributed by atoms with Crippen LogP contribution in [-0.2, 0) is 6.54 Å². The third kappa shape index (κ3) is 2.98. The molecular weight excluding hydrogens is 336 g/mol. The van der Waals surface area contributed by atoms with Crippen LogP contribution in [0.2, 0.25) is 0 Å². The number of ether oxygens (including phenoxy) is 3. The van der Waals surface area contributed by atoms with Crippen molar-refractivity contribution in [2.45, 2.75) is 26.4 Å². The molecule has 0 amide bonds. The molecule has 0 atom stereocenters. The second-order valence-electron chi connectivity index (χ2n) is 6.14. The van der Waals surface area contributed by atoms with Crippen LogP contribution in [0.1, 0.15) is 25.5 Å². The molecule has 0 saturated carbocycles. The summed E-state index contributed by atoms with van der Waals surface area (Å²) < 4.78 is 19.5. The molecule has 3 aromatic rings. The molecule has 8 nitrogen and oxygen atoms in total. The largest absolute Gasteiger partial charge is 0.493 e. The Balaban J connectivity index is 2.11. The highest BCUT2D eigenvalue weighted by atomic mass is 16.5. The van der Waals surface area contributed by atoms with E-state index in [0.29, 0.717) is 34.7 Å². The molecule has 0 bridgehead atoms. The lowest BCUT2D eigenvalue weighted by Crippen LogP contribution is -2.21. The van der Waals surface area contributed by atoms with Crippen LogP contribution in [0.5, 0.6) is 17.2 Å². The van der Waals surface area contributed by atoms with Gasteiger partial charge in [-0.2, -0.15) is 5.10 Å². The summed E-state index contributed by atoms with van der Waals surface area (Å²) in [5, 5.41) is 4.71. The summed E-state index contributed by atoms with van der Waals surface area (Å²) in [4.78, 5) is 17.4. The van der Waals surface area contributed by atoms with Crippen molar-refractivity contribution in [3.8, 4) is 17.2 Å². The van der Waals surface area contributed by atoms with E-state index in [9.17, 15) is 4.79 Å². The third-order valence-electron chi connectivity index (χ3n) is 4.16. The highest BCUT2D eigenvalue weighted by molar-refractivity contribution is 5.89. The normalized spacial score (nSPS) is 11.2. The van der Waals surface area contributed by atoms with E-state index in [4.69, 9.17) is 14.2 Å². The van der Waals surface area contributed by atoms with Crippen molar-refractivity contribution in [3.05, 3.63) is 40.7 Å². The highest BCUT2D eigenvalue weighted by Crippen LogP contribution is 2.41. The lowest BCUT2D eigenvalue weighted by molar-refractivity contribution is 0.326. The van der Waals surface area contributed by atoms with Crippen molar-refractivity contribution in [2.24, 2.45) is 0 Å². The van der Waals surface area contributed by atoms with Crippen LogP contribution >= 0.6 is 0 Å². The molecule has 2 aromatic heterocycles. The fraction of sp³-hybridized carbons (Fsp3) is 0.389. The zero-order chi connectivity index (χ0) is 18.8. The molecule has 0 N–H and O–H groups in total. The second-order valence-corrected chi connectivity index (χ2v) is 6.14. The Morgan fingerprint density at radius 1 is 1.12 bits per heavy atom. The Morgan fingerprint density at radius 2 is 1.85 bits per heavy atom. The molecular formula is C18H22N4O4. The van der Waals surface area contributed by atoms with Crippen molar-refractivity contribution >= 4 is 10.9 Å². The Hall–Kier alpha value is -3.03. The van der Waals surface area contributed by atoms with Gasteiger partial charge in [0.15, 0.2) is 11.5 Å².